The van der Waals surface area contributed by atoms with Gasteiger partial charge in [0, 0.05) is 18.8 Å². The lowest BCUT2D eigenvalue weighted by atomic mass is 10.1. The zero-order valence-electron chi connectivity index (χ0n) is 7.80. The fourth-order valence-corrected chi connectivity index (χ4v) is 1.43. The zero-order valence-corrected chi connectivity index (χ0v) is 7.80. The van der Waals surface area contributed by atoms with E-state index in [0.717, 1.165) is 5.56 Å². The van der Waals surface area contributed by atoms with Crippen molar-refractivity contribution in [2.24, 2.45) is 0 Å². The van der Waals surface area contributed by atoms with Crippen LogP contribution in [0.3, 0.4) is 0 Å². The maximum Gasteiger partial charge on any atom is 0.160 e. The van der Waals surface area contributed by atoms with Crippen molar-refractivity contribution in [1.29, 1.82) is 0 Å². The van der Waals surface area contributed by atoms with Crippen molar-refractivity contribution in [1.82, 2.24) is 4.98 Å². The van der Waals surface area contributed by atoms with Crippen LogP contribution in [-0.4, -0.2) is 29.6 Å². The van der Waals surface area contributed by atoms with Crippen LogP contribution in [0.2, 0.25) is 0 Å². The average molecular weight is 195 g/mol. The number of hydrogen-bond donors (Lipinski definition) is 1. The minimum atomic E-state index is -0.563. The summed E-state index contributed by atoms with van der Waals surface area (Å²) in [6, 6.07) is 3.64. The average Bonchev–Trinajstić information content (AvgIpc) is 2.72. The fraction of sp³-hybridized carbons (Fsp3) is 0.500. The molecule has 0 spiro atoms. The Morgan fingerprint density at radius 1 is 1.50 bits per heavy atom. The summed E-state index contributed by atoms with van der Waals surface area (Å²) in [5, 5.41) is 9.78. The van der Waals surface area contributed by atoms with Gasteiger partial charge in [0.2, 0.25) is 0 Å². The molecule has 1 aromatic heterocycles. The number of pyridine rings is 1. The van der Waals surface area contributed by atoms with Gasteiger partial charge in [-0.3, -0.25) is 4.98 Å². The van der Waals surface area contributed by atoms with Crippen molar-refractivity contribution in [3.05, 3.63) is 30.1 Å². The van der Waals surface area contributed by atoms with Crippen molar-refractivity contribution in [2.75, 3.05) is 13.2 Å². The molecule has 1 atom stereocenters. The summed E-state index contributed by atoms with van der Waals surface area (Å²) in [6.07, 6.45) is 2.96. The van der Waals surface area contributed by atoms with Crippen molar-refractivity contribution >= 4 is 0 Å². The van der Waals surface area contributed by atoms with Crippen molar-refractivity contribution < 1.29 is 14.6 Å². The molecule has 2 heterocycles. The summed E-state index contributed by atoms with van der Waals surface area (Å²) in [5.74, 6) is 0. The number of aliphatic hydroxyl groups excluding tert-OH is 1. The summed E-state index contributed by atoms with van der Waals surface area (Å²) < 4.78 is 10.5. The third-order valence-electron chi connectivity index (χ3n) is 2.18. The van der Waals surface area contributed by atoms with Crippen LogP contribution in [0, 0.1) is 0 Å². The van der Waals surface area contributed by atoms with Gasteiger partial charge in [0.05, 0.1) is 19.3 Å². The predicted octanol–water partition coefficient (Wildman–Crippen LogP) is 0.878. The van der Waals surface area contributed by atoms with Crippen LogP contribution in [0.1, 0.15) is 18.1 Å². The molecule has 2 rings (SSSR count). The largest absolute Gasteiger partial charge is 0.388 e. The van der Waals surface area contributed by atoms with Gasteiger partial charge in [0.25, 0.3) is 0 Å². The molecule has 4 nitrogen and oxygen atoms in total. The van der Waals surface area contributed by atoms with E-state index in [9.17, 15) is 5.11 Å². The van der Waals surface area contributed by atoms with Gasteiger partial charge in [-0.05, 0) is 11.6 Å². The summed E-state index contributed by atoms with van der Waals surface area (Å²) in [5.41, 5.74) is 0.798. The van der Waals surface area contributed by atoms with E-state index in [-0.39, 0.29) is 6.29 Å². The maximum absolute atomic E-state index is 9.78. The second-order valence-electron chi connectivity index (χ2n) is 3.21. The Balaban J connectivity index is 1.92. The second-order valence-corrected chi connectivity index (χ2v) is 3.21. The Labute approximate surface area is 82.5 Å². The van der Waals surface area contributed by atoms with Gasteiger partial charge in [-0.1, -0.05) is 6.07 Å². The molecule has 1 aliphatic rings. The van der Waals surface area contributed by atoms with Gasteiger partial charge in [0.15, 0.2) is 6.29 Å². The second kappa shape index (κ2) is 4.50. The van der Waals surface area contributed by atoms with Gasteiger partial charge in [-0.25, -0.2) is 0 Å². The molecular weight excluding hydrogens is 182 g/mol. The molecule has 0 saturated carbocycles. The zero-order chi connectivity index (χ0) is 9.80. The Morgan fingerprint density at radius 3 is 2.93 bits per heavy atom. The first-order valence-electron chi connectivity index (χ1n) is 4.67. The van der Waals surface area contributed by atoms with Crippen LogP contribution >= 0.6 is 0 Å². The van der Waals surface area contributed by atoms with E-state index in [2.05, 4.69) is 4.98 Å². The lowest BCUT2D eigenvalue weighted by molar-refractivity contribution is -0.0708. The molecule has 0 aliphatic carbocycles. The molecular formula is C10H13NO3. The lowest BCUT2D eigenvalue weighted by Gasteiger charge is -2.14. The molecule has 0 bridgehead atoms. The smallest absolute Gasteiger partial charge is 0.160 e. The number of nitrogens with zero attached hydrogens (tertiary/aromatic N) is 1. The number of aliphatic hydroxyl groups is 1. The first kappa shape index (κ1) is 9.58. The van der Waals surface area contributed by atoms with Gasteiger partial charge in [-0.2, -0.15) is 0 Å². The first-order valence-corrected chi connectivity index (χ1v) is 4.67. The summed E-state index contributed by atoms with van der Waals surface area (Å²) >= 11 is 0. The minimum absolute atomic E-state index is 0.273. The highest BCUT2D eigenvalue weighted by atomic mass is 16.7. The van der Waals surface area contributed by atoms with Crippen LogP contribution in [0.15, 0.2) is 24.5 Å². The van der Waals surface area contributed by atoms with Crippen LogP contribution in [0.25, 0.3) is 0 Å². The molecule has 1 fully saturated rings. The van der Waals surface area contributed by atoms with Crippen LogP contribution in [0.4, 0.5) is 0 Å². The molecule has 1 aliphatic heterocycles. The Kier molecular flexibility index (Phi) is 3.08. The number of hydrogen-bond acceptors (Lipinski definition) is 4. The van der Waals surface area contributed by atoms with E-state index >= 15 is 0 Å². The SMILES string of the molecule is OC(CC1OCCO1)c1cccnc1. The number of rotatable bonds is 3. The van der Waals surface area contributed by atoms with Gasteiger partial charge in [0.1, 0.15) is 0 Å². The van der Waals surface area contributed by atoms with E-state index < -0.39 is 6.10 Å². The van der Waals surface area contributed by atoms with Crippen LogP contribution in [-0.2, 0) is 9.47 Å². The molecule has 14 heavy (non-hydrogen) atoms. The van der Waals surface area contributed by atoms with Crippen molar-refractivity contribution in [2.45, 2.75) is 18.8 Å². The predicted molar refractivity (Wildman–Crippen MR) is 49.5 cm³/mol. The van der Waals surface area contributed by atoms with Gasteiger partial charge < -0.3 is 14.6 Å². The Bertz CT molecular complexity index is 272. The normalized spacial score (nSPS) is 19.8. The first-order chi connectivity index (χ1) is 6.86. The maximum atomic E-state index is 9.78. The molecule has 1 aromatic rings. The van der Waals surface area contributed by atoms with Crippen LogP contribution < -0.4 is 0 Å². The number of ether oxygens (including phenoxy) is 2. The molecule has 0 aromatic carbocycles. The number of aromatic nitrogens is 1. The molecule has 0 radical (unpaired) electrons. The van der Waals surface area contributed by atoms with E-state index in [1.54, 1.807) is 18.5 Å². The molecule has 1 N–H and O–H groups in total. The molecule has 76 valence electrons. The van der Waals surface area contributed by atoms with E-state index in [4.69, 9.17) is 9.47 Å². The molecule has 1 unspecified atom stereocenters. The Morgan fingerprint density at radius 2 is 2.29 bits per heavy atom. The highest BCUT2D eigenvalue weighted by Gasteiger charge is 2.20. The Hall–Kier alpha value is -0.970. The van der Waals surface area contributed by atoms with Crippen LogP contribution in [0.5, 0.6) is 0 Å². The van der Waals surface area contributed by atoms with E-state index in [0.29, 0.717) is 19.6 Å². The highest BCUT2D eigenvalue weighted by Crippen LogP contribution is 2.20. The third kappa shape index (κ3) is 2.29. The quantitative estimate of drug-likeness (QED) is 0.777. The summed E-state index contributed by atoms with van der Waals surface area (Å²) in [6.45, 7) is 1.23. The van der Waals surface area contributed by atoms with Gasteiger partial charge >= 0.3 is 0 Å². The monoisotopic (exact) mass is 195 g/mol. The standard InChI is InChI=1S/C10H13NO3/c12-9(6-10-13-4-5-14-10)8-2-1-3-11-7-8/h1-3,7,9-10,12H,4-6H2. The molecule has 1 saturated heterocycles. The third-order valence-corrected chi connectivity index (χ3v) is 2.18. The van der Waals surface area contributed by atoms with Crippen molar-refractivity contribution in [3.8, 4) is 0 Å². The van der Waals surface area contributed by atoms with E-state index in [1.165, 1.54) is 0 Å². The summed E-state index contributed by atoms with van der Waals surface area (Å²) in [7, 11) is 0. The van der Waals surface area contributed by atoms with E-state index in [1.807, 2.05) is 6.07 Å². The minimum Gasteiger partial charge on any atom is -0.388 e. The van der Waals surface area contributed by atoms with Gasteiger partial charge in [-0.15, -0.1) is 0 Å². The highest BCUT2D eigenvalue weighted by molar-refractivity contribution is 5.11. The molecule has 0 amide bonds. The fourth-order valence-electron chi connectivity index (χ4n) is 1.43. The van der Waals surface area contributed by atoms with Crippen molar-refractivity contribution in [3.63, 3.8) is 0 Å². The summed E-state index contributed by atoms with van der Waals surface area (Å²) in [4.78, 5) is 3.94. The topological polar surface area (TPSA) is 51.6 Å². The lowest BCUT2D eigenvalue weighted by Crippen LogP contribution is -2.13. The molecule has 4 heteroatoms.